The summed E-state index contributed by atoms with van der Waals surface area (Å²) in [6, 6.07) is 5.02. The van der Waals surface area contributed by atoms with Gasteiger partial charge in [-0.25, -0.2) is 4.79 Å². The number of H-pyrrole nitrogens is 2. The van der Waals surface area contributed by atoms with E-state index in [0.29, 0.717) is 29.7 Å². The zero-order valence-corrected chi connectivity index (χ0v) is 10.4. The Labute approximate surface area is 108 Å². The second-order valence-electron chi connectivity index (χ2n) is 4.05. The number of imidazole rings is 1. The minimum Gasteiger partial charge on any atom is -0.355 e. The molecule has 0 aliphatic rings. The van der Waals surface area contributed by atoms with E-state index in [0.717, 1.165) is 0 Å². The number of amides is 2. The number of carbonyl (C=O) groups is 2. The molecule has 1 aromatic heterocycles. The number of benzene rings is 1. The summed E-state index contributed by atoms with van der Waals surface area (Å²) in [7, 11) is 0. The predicted octanol–water partition coefficient (Wildman–Crippen LogP) is -0.278. The first kappa shape index (κ1) is 12.9. The van der Waals surface area contributed by atoms with Gasteiger partial charge in [0.25, 0.3) is 5.91 Å². The van der Waals surface area contributed by atoms with Crippen LogP contribution in [0, 0.1) is 0 Å². The molecule has 7 nitrogen and oxygen atoms in total. The van der Waals surface area contributed by atoms with Crippen LogP contribution in [0.15, 0.2) is 23.0 Å². The summed E-state index contributed by atoms with van der Waals surface area (Å²) in [5.74, 6) is -0.447. The summed E-state index contributed by atoms with van der Waals surface area (Å²) < 4.78 is 0. The van der Waals surface area contributed by atoms with Crippen LogP contribution in [0.1, 0.15) is 17.3 Å². The van der Waals surface area contributed by atoms with E-state index < -0.39 is 0 Å². The first-order chi connectivity index (χ1) is 9.08. The van der Waals surface area contributed by atoms with Crippen molar-refractivity contribution in [1.82, 2.24) is 20.6 Å². The van der Waals surface area contributed by atoms with Crippen molar-refractivity contribution in [2.75, 3.05) is 13.1 Å². The number of nitrogens with one attached hydrogen (secondary N) is 4. The average molecular weight is 262 g/mol. The molecule has 0 aliphatic carbocycles. The van der Waals surface area contributed by atoms with Crippen LogP contribution in [-0.4, -0.2) is 34.9 Å². The number of hydrogen-bond donors (Lipinski definition) is 4. The maximum Gasteiger partial charge on any atom is 0.323 e. The van der Waals surface area contributed by atoms with Crippen LogP contribution in [0.5, 0.6) is 0 Å². The SMILES string of the molecule is CC(=O)NCCNC(=O)c1cccc2[nH]c(=O)[nH]c12. The molecule has 19 heavy (non-hydrogen) atoms. The molecule has 2 aromatic rings. The molecule has 2 rings (SSSR count). The second kappa shape index (κ2) is 5.38. The zero-order valence-electron chi connectivity index (χ0n) is 10.4. The van der Waals surface area contributed by atoms with E-state index in [1.54, 1.807) is 18.2 Å². The number of rotatable bonds is 4. The molecule has 0 unspecified atom stereocenters. The van der Waals surface area contributed by atoms with Crippen molar-refractivity contribution < 1.29 is 9.59 Å². The molecule has 0 saturated heterocycles. The van der Waals surface area contributed by atoms with Crippen molar-refractivity contribution >= 4 is 22.8 Å². The van der Waals surface area contributed by atoms with Gasteiger partial charge in [-0.3, -0.25) is 9.59 Å². The Balaban J connectivity index is 2.09. The minimum absolute atomic E-state index is 0.147. The normalized spacial score (nSPS) is 10.4. The van der Waals surface area contributed by atoms with Gasteiger partial charge in [0.15, 0.2) is 0 Å². The molecule has 0 fully saturated rings. The van der Waals surface area contributed by atoms with Crippen molar-refractivity contribution in [1.29, 1.82) is 0 Å². The number of aromatic amines is 2. The summed E-state index contributed by atoms with van der Waals surface area (Å²) in [6.07, 6.45) is 0. The van der Waals surface area contributed by atoms with E-state index in [1.807, 2.05) is 0 Å². The Bertz CT molecular complexity index is 671. The van der Waals surface area contributed by atoms with E-state index in [9.17, 15) is 14.4 Å². The van der Waals surface area contributed by atoms with E-state index in [-0.39, 0.29) is 17.5 Å². The smallest absolute Gasteiger partial charge is 0.323 e. The third kappa shape index (κ3) is 3.01. The van der Waals surface area contributed by atoms with Crippen LogP contribution >= 0.6 is 0 Å². The molecule has 0 saturated carbocycles. The Hall–Kier alpha value is -2.57. The molecule has 1 aromatic carbocycles. The van der Waals surface area contributed by atoms with E-state index >= 15 is 0 Å². The Morgan fingerprint density at radius 1 is 1.16 bits per heavy atom. The highest BCUT2D eigenvalue weighted by Crippen LogP contribution is 2.12. The predicted molar refractivity (Wildman–Crippen MR) is 69.9 cm³/mol. The summed E-state index contributed by atoms with van der Waals surface area (Å²) in [4.78, 5) is 39.0. The third-order valence-corrected chi connectivity index (χ3v) is 2.58. The molecule has 0 radical (unpaired) electrons. The molecule has 2 amide bonds. The third-order valence-electron chi connectivity index (χ3n) is 2.58. The van der Waals surface area contributed by atoms with Crippen LogP contribution in [0.3, 0.4) is 0 Å². The zero-order chi connectivity index (χ0) is 13.8. The fraction of sp³-hybridized carbons (Fsp3) is 0.250. The van der Waals surface area contributed by atoms with Gasteiger partial charge in [-0.15, -0.1) is 0 Å². The summed E-state index contributed by atoms with van der Waals surface area (Å²) >= 11 is 0. The number of hydrogen-bond acceptors (Lipinski definition) is 3. The Kier molecular flexibility index (Phi) is 3.65. The van der Waals surface area contributed by atoms with Gasteiger partial charge in [-0.2, -0.15) is 0 Å². The van der Waals surface area contributed by atoms with Gasteiger partial charge in [0, 0.05) is 20.0 Å². The van der Waals surface area contributed by atoms with Crippen molar-refractivity contribution in [2.24, 2.45) is 0 Å². The lowest BCUT2D eigenvalue weighted by Crippen LogP contribution is -2.33. The van der Waals surface area contributed by atoms with Crippen LogP contribution in [0.4, 0.5) is 0 Å². The highest BCUT2D eigenvalue weighted by atomic mass is 16.2. The molecule has 1 heterocycles. The second-order valence-corrected chi connectivity index (χ2v) is 4.05. The number of carbonyl (C=O) groups excluding carboxylic acids is 2. The summed E-state index contributed by atoms with van der Waals surface area (Å²) in [5.41, 5.74) is 1.09. The lowest BCUT2D eigenvalue weighted by molar-refractivity contribution is -0.118. The van der Waals surface area contributed by atoms with E-state index in [2.05, 4.69) is 20.6 Å². The van der Waals surface area contributed by atoms with Crippen molar-refractivity contribution in [3.63, 3.8) is 0 Å². The monoisotopic (exact) mass is 262 g/mol. The number of fused-ring (bicyclic) bond motifs is 1. The van der Waals surface area contributed by atoms with Crippen LogP contribution in [-0.2, 0) is 4.79 Å². The highest BCUT2D eigenvalue weighted by molar-refractivity contribution is 6.04. The molecule has 100 valence electrons. The van der Waals surface area contributed by atoms with Crippen LogP contribution in [0.2, 0.25) is 0 Å². The Morgan fingerprint density at radius 3 is 2.63 bits per heavy atom. The number of aromatic nitrogens is 2. The molecule has 0 atom stereocenters. The average Bonchev–Trinajstić information content (AvgIpc) is 2.73. The molecule has 0 aliphatic heterocycles. The quantitative estimate of drug-likeness (QED) is 0.569. The highest BCUT2D eigenvalue weighted by Gasteiger charge is 2.11. The maximum absolute atomic E-state index is 12.0. The lowest BCUT2D eigenvalue weighted by atomic mass is 10.1. The van der Waals surface area contributed by atoms with Gasteiger partial charge in [0.1, 0.15) is 0 Å². The molecule has 0 spiro atoms. The van der Waals surface area contributed by atoms with Crippen molar-refractivity contribution in [2.45, 2.75) is 6.92 Å². The largest absolute Gasteiger partial charge is 0.355 e. The summed E-state index contributed by atoms with van der Waals surface area (Å²) in [6.45, 7) is 2.09. The van der Waals surface area contributed by atoms with Gasteiger partial charge in [0.2, 0.25) is 5.91 Å². The van der Waals surface area contributed by atoms with Gasteiger partial charge in [0.05, 0.1) is 16.6 Å². The van der Waals surface area contributed by atoms with Gasteiger partial charge < -0.3 is 20.6 Å². The molecule has 4 N–H and O–H groups in total. The molecular formula is C12H14N4O3. The first-order valence-corrected chi connectivity index (χ1v) is 5.81. The minimum atomic E-state index is -0.353. The fourth-order valence-electron chi connectivity index (χ4n) is 1.76. The van der Waals surface area contributed by atoms with Gasteiger partial charge in [-0.1, -0.05) is 6.07 Å². The van der Waals surface area contributed by atoms with E-state index in [1.165, 1.54) is 6.92 Å². The fourth-order valence-corrected chi connectivity index (χ4v) is 1.76. The number of para-hydroxylation sites is 1. The van der Waals surface area contributed by atoms with Crippen molar-refractivity contribution in [3.8, 4) is 0 Å². The molecule has 7 heteroatoms. The first-order valence-electron chi connectivity index (χ1n) is 5.81. The van der Waals surface area contributed by atoms with Gasteiger partial charge in [-0.05, 0) is 12.1 Å². The van der Waals surface area contributed by atoms with Gasteiger partial charge >= 0.3 is 5.69 Å². The van der Waals surface area contributed by atoms with Crippen molar-refractivity contribution in [3.05, 3.63) is 34.2 Å². The standard InChI is InChI=1S/C12H14N4O3/c1-7(17)13-5-6-14-11(18)8-3-2-4-9-10(8)16-12(19)15-9/h2-4H,5-6H2,1H3,(H,13,17)(H,14,18)(H2,15,16,19). The van der Waals surface area contributed by atoms with Crippen LogP contribution in [0.25, 0.3) is 11.0 Å². The molecule has 0 bridgehead atoms. The van der Waals surface area contributed by atoms with E-state index in [4.69, 9.17) is 0 Å². The maximum atomic E-state index is 12.0. The molecular weight excluding hydrogens is 248 g/mol. The lowest BCUT2D eigenvalue weighted by Gasteiger charge is -2.06. The van der Waals surface area contributed by atoms with Crippen LogP contribution < -0.4 is 16.3 Å². The topological polar surface area (TPSA) is 107 Å². The summed E-state index contributed by atoms with van der Waals surface area (Å²) in [5, 5.41) is 5.24. The Morgan fingerprint density at radius 2 is 1.89 bits per heavy atom.